The molecule has 7 nitrogen and oxygen atoms in total. The van der Waals surface area contributed by atoms with Crippen molar-refractivity contribution in [2.24, 2.45) is 0 Å². The fourth-order valence-corrected chi connectivity index (χ4v) is 4.06. The van der Waals surface area contributed by atoms with E-state index in [4.69, 9.17) is 0 Å². The monoisotopic (exact) mass is 482 g/mol. The van der Waals surface area contributed by atoms with Crippen LogP contribution >= 0.6 is 0 Å². The van der Waals surface area contributed by atoms with Crippen LogP contribution in [0, 0.1) is 6.92 Å². The number of aromatic nitrogens is 3. The number of aryl methyl sites for hydroxylation is 1. The van der Waals surface area contributed by atoms with Crippen molar-refractivity contribution in [3.63, 3.8) is 0 Å². The molecule has 7 heteroatoms. The Bertz CT molecular complexity index is 1490. The van der Waals surface area contributed by atoms with Gasteiger partial charge >= 0.3 is 5.69 Å². The Labute approximate surface area is 210 Å². The lowest BCUT2D eigenvalue weighted by Gasteiger charge is -2.18. The second-order valence-corrected chi connectivity index (χ2v) is 9.32. The Kier molecular flexibility index (Phi) is 7.29. The zero-order valence-corrected chi connectivity index (χ0v) is 21.0. The summed E-state index contributed by atoms with van der Waals surface area (Å²) in [7, 11) is 1.62. The molecule has 1 amide bonds. The van der Waals surface area contributed by atoms with Gasteiger partial charge in [-0.2, -0.15) is 9.78 Å². The van der Waals surface area contributed by atoms with Crippen LogP contribution in [0.1, 0.15) is 52.5 Å². The molecule has 36 heavy (non-hydrogen) atoms. The molecule has 0 spiro atoms. The zero-order valence-electron chi connectivity index (χ0n) is 21.0. The minimum atomic E-state index is -0.707. The second kappa shape index (κ2) is 10.6. The van der Waals surface area contributed by atoms with Crippen LogP contribution in [-0.4, -0.2) is 32.2 Å². The molecular weight excluding hydrogens is 452 g/mol. The van der Waals surface area contributed by atoms with Gasteiger partial charge < -0.3 is 4.90 Å². The van der Waals surface area contributed by atoms with Gasteiger partial charge in [-0.1, -0.05) is 86.1 Å². The molecule has 0 unspecified atom stereocenters. The first-order valence-corrected chi connectivity index (χ1v) is 11.9. The lowest BCUT2D eigenvalue weighted by molar-refractivity contribution is 0.0773. The molecule has 4 rings (SSSR count). The van der Waals surface area contributed by atoms with E-state index >= 15 is 0 Å². The molecule has 0 radical (unpaired) electrons. The van der Waals surface area contributed by atoms with Crippen LogP contribution in [0.5, 0.6) is 0 Å². The molecule has 1 aromatic heterocycles. The maximum Gasteiger partial charge on any atom is 0.352 e. The van der Waals surface area contributed by atoms with Crippen LogP contribution in [0.4, 0.5) is 0 Å². The van der Waals surface area contributed by atoms with Crippen molar-refractivity contribution in [2.45, 2.75) is 39.8 Å². The number of hydrogen-bond donors (Lipinski definition) is 0. The van der Waals surface area contributed by atoms with Crippen molar-refractivity contribution in [1.82, 2.24) is 19.2 Å². The summed E-state index contributed by atoms with van der Waals surface area (Å²) in [6.07, 6.45) is 0. The minimum Gasteiger partial charge on any atom is -0.336 e. The molecule has 4 aromatic rings. The third-order valence-corrected chi connectivity index (χ3v) is 6.10. The van der Waals surface area contributed by atoms with Crippen molar-refractivity contribution in [1.29, 1.82) is 0 Å². The fraction of sp³-hybridized carbons (Fsp3) is 0.241. The summed E-state index contributed by atoms with van der Waals surface area (Å²) < 4.78 is 2.23. The highest BCUT2D eigenvalue weighted by Gasteiger charge is 2.23. The highest BCUT2D eigenvalue weighted by atomic mass is 16.2. The predicted octanol–water partition coefficient (Wildman–Crippen LogP) is 4.15. The molecule has 0 fully saturated rings. The average Bonchev–Trinajstić information content (AvgIpc) is 2.87. The molecule has 0 aliphatic carbocycles. The Hall–Kier alpha value is -4.26. The molecule has 0 N–H and O–H groups in total. The largest absolute Gasteiger partial charge is 0.352 e. The Morgan fingerprint density at radius 3 is 2.22 bits per heavy atom. The average molecular weight is 483 g/mol. The summed E-state index contributed by atoms with van der Waals surface area (Å²) in [6.45, 7) is 6.46. The normalized spacial score (nSPS) is 11.0. The highest BCUT2D eigenvalue weighted by Crippen LogP contribution is 2.16. The van der Waals surface area contributed by atoms with Crippen LogP contribution in [0.25, 0.3) is 5.69 Å². The first kappa shape index (κ1) is 24.9. The van der Waals surface area contributed by atoms with E-state index in [1.807, 2.05) is 73.7 Å². The quantitative estimate of drug-likeness (QED) is 0.397. The number of amides is 1. The van der Waals surface area contributed by atoms with E-state index < -0.39 is 17.2 Å². The lowest BCUT2D eigenvalue weighted by atomic mass is 10.0. The number of benzene rings is 3. The van der Waals surface area contributed by atoms with Crippen LogP contribution in [0.3, 0.4) is 0 Å². The first-order valence-electron chi connectivity index (χ1n) is 11.9. The molecule has 0 saturated carbocycles. The number of carbonyl (C=O) groups excluding carboxylic acids is 1. The Morgan fingerprint density at radius 2 is 1.58 bits per heavy atom. The number of carbonyl (C=O) groups is 1. The summed E-state index contributed by atoms with van der Waals surface area (Å²) in [5.41, 5.74) is 2.72. The van der Waals surface area contributed by atoms with Gasteiger partial charge in [0.15, 0.2) is 0 Å². The van der Waals surface area contributed by atoms with Gasteiger partial charge in [-0.05, 0) is 41.7 Å². The maximum atomic E-state index is 13.5. The van der Waals surface area contributed by atoms with Gasteiger partial charge in [0.05, 0.1) is 12.2 Å². The van der Waals surface area contributed by atoms with Crippen LogP contribution in [0.2, 0.25) is 0 Å². The van der Waals surface area contributed by atoms with E-state index in [1.54, 1.807) is 19.2 Å². The third kappa shape index (κ3) is 5.35. The minimum absolute atomic E-state index is 0.0363. The van der Waals surface area contributed by atoms with Gasteiger partial charge in [-0.25, -0.2) is 4.79 Å². The number of hydrogen-bond acceptors (Lipinski definition) is 4. The second-order valence-electron chi connectivity index (χ2n) is 9.32. The van der Waals surface area contributed by atoms with E-state index in [0.29, 0.717) is 18.2 Å². The number of rotatable bonds is 7. The smallest absolute Gasteiger partial charge is 0.336 e. The Balaban J connectivity index is 1.82. The van der Waals surface area contributed by atoms with Gasteiger partial charge in [0.1, 0.15) is 0 Å². The van der Waals surface area contributed by atoms with E-state index in [-0.39, 0.29) is 12.2 Å². The third-order valence-electron chi connectivity index (χ3n) is 6.10. The van der Waals surface area contributed by atoms with E-state index in [1.165, 1.54) is 4.90 Å². The summed E-state index contributed by atoms with van der Waals surface area (Å²) >= 11 is 0. The number of nitrogens with zero attached hydrogens (tertiary/aromatic N) is 4. The van der Waals surface area contributed by atoms with E-state index in [0.717, 1.165) is 31.5 Å². The SMILES string of the molecule is Cc1cccc(Cn2c(=O)c(C(=O)N(C)Cc3ccccc3)nn(-c3ccc(C(C)C)cc3)c2=O)c1. The molecule has 0 aliphatic rings. The van der Waals surface area contributed by atoms with Crippen LogP contribution in [0.15, 0.2) is 88.5 Å². The van der Waals surface area contributed by atoms with Gasteiger partial charge in [-0.3, -0.25) is 14.2 Å². The van der Waals surface area contributed by atoms with Crippen molar-refractivity contribution in [2.75, 3.05) is 7.05 Å². The standard InChI is InChI=1S/C29H30N4O3/c1-20(2)24-13-15-25(16-14-24)33-29(36)32(19-23-12-8-9-21(3)17-23)28(35)26(30-33)27(34)31(4)18-22-10-6-5-7-11-22/h5-17,20H,18-19H2,1-4H3. The molecule has 0 atom stereocenters. The van der Waals surface area contributed by atoms with Crippen molar-refractivity contribution in [3.8, 4) is 5.69 Å². The summed E-state index contributed by atoms with van der Waals surface area (Å²) in [4.78, 5) is 41.8. The van der Waals surface area contributed by atoms with Crippen molar-refractivity contribution >= 4 is 5.91 Å². The van der Waals surface area contributed by atoms with Gasteiger partial charge in [0.2, 0.25) is 5.69 Å². The van der Waals surface area contributed by atoms with E-state index in [2.05, 4.69) is 18.9 Å². The van der Waals surface area contributed by atoms with Crippen LogP contribution in [-0.2, 0) is 13.1 Å². The van der Waals surface area contributed by atoms with Gasteiger partial charge in [-0.15, -0.1) is 0 Å². The maximum absolute atomic E-state index is 13.5. The highest BCUT2D eigenvalue weighted by molar-refractivity contribution is 5.91. The van der Waals surface area contributed by atoms with Crippen molar-refractivity contribution < 1.29 is 4.79 Å². The Morgan fingerprint density at radius 1 is 0.917 bits per heavy atom. The zero-order chi connectivity index (χ0) is 25.8. The molecule has 0 aliphatic heterocycles. The molecule has 0 bridgehead atoms. The summed E-state index contributed by atoms with van der Waals surface area (Å²) in [6, 6.07) is 24.5. The topological polar surface area (TPSA) is 77.2 Å². The molecule has 0 saturated heterocycles. The molecule has 184 valence electrons. The first-order chi connectivity index (χ1) is 17.2. The van der Waals surface area contributed by atoms with Gasteiger partial charge in [0.25, 0.3) is 11.5 Å². The fourth-order valence-electron chi connectivity index (χ4n) is 4.06. The lowest BCUT2D eigenvalue weighted by Crippen LogP contribution is -2.46. The molecule has 1 heterocycles. The van der Waals surface area contributed by atoms with Crippen LogP contribution < -0.4 is 11.2 Å². The van der Waals surface area contributed by atoms with Crippen molar-refractivity contribution in [3.05, 3.63) is 128 Å². The summed E-state index contributed by atoms with van der Waals surface area (Å²) in [5.74, 6) is -0.225. The predicted molar refractivity (Wildman–Crippen MR) is 141 cm³/mol. The molecular formula is C29H30N4O3. The van der Waals surface area contributed by atoms with E-state index in [9.17, 15) is 14.4 Å². The van der Waals surface area contributed by atoms with Gasteiger partial charge in [0, 0.05) is 13.6 Å². The summed E-state index contributed by atoms with van der Waals surface area (Å²) in [5, 5.41) is 4.28. The molecule has 3 aromatic carbocycles.